The number of ether oxygens (including phenoxy) is 1. The van der Waals surface area contributed by atoms with Crippen LogP contribution in [0.1, 0.15) is 40.2 Å². The predicted molar refractivity (Wildman–Crippen MR) is 88.7 cm³/mol. The number of hydrogen-bond acceptors (Lipinski definition) is 3. The smallest absolute Gasteiger partial charge is 0.221 e. The van der Waals surface area contributed by atoms with Crippen LogP contribution in [0, 0.1) is 5.92 Å². The molecule has 0 fully saturated rings. The lowest BCUT2D eigenvalue weighted by Gasteiger charge is -2.22. The van der Waals surface area contributed by atoms with Crippen molar-refractivity contribution in [3.05, 3.63) is 36.0 Å². The molecular weight excluding hydrogens is 260 g/mol. The van der Waals surface area contributed by atoms with Crippen molar-refractivity contribution in [2.24, 2.45) is 5.92 Å². The Morgan fingerprint density at radius 3 is 2.43 bits per heavy atom. The van der Waals surface area contributed by atoms with Crippen molar-refractivity contribution in [1.82, 2.24) is 10.3 Å². The molecule has 1 N–H and O–H groups in total. The van der Waals surface area contributed by atoms with Gasteiger partial charge in [0, 0.05) is 18.1 Å². The van der Waals surface area contributed by atoms with E-state index in [1.165, 1.54) is 10.9 Å². The maximum absolute atomic E-state index is 5.98. The third-order valence-electron chi connectivity index (χ3n) is 3.11. The number of aromatic nitrogens is 1. The van der Waals surface area contributed by atoms with E-state index in [4.69, 9.17) is 4.74 Å². The second-order valence-electron chi connectivity index (χ2n) is 6.87. The van der Waals surface area contributed by atoms with Crippen LogP contribution in [0.25, 0.3) is 10.8 Å². The van der Waals surface area contributed by atoms with E-state index in [9.17, 15) is 0 Å². The third-order valence-corrected chi connectivity index (χ3v) is 3.11. The highest BCUT2D eigenvalue weighted by molar-refractivity contribution is 5.89. The maximum Gasteiger partial charge on any atom is 0.221 e. The molecule has 0 saturated heterocycles. The molecule has 0 spiro atoms. The predicted octanol–water partition coefficient (Wildman–Crippen LogP) is 4.16. The standard InChI is InChI=1S/C18H26N2O/c1-13(2)10-19-11-14-12-20-17(21-18(3,4)5)16-9-7-6-8-15(14)16/h6-9,12-13,19H,10-11H2,1-5H3. The van der Waals surface area contributed by atoms with Gasteiger partial charge in [-0.15, -0.1) is 0 Å². The zero-order chi connectivity index (χ0) is 15.5. The van der Waals surface area contributed by atoms with Crippen molar-refractivity contribution >= 4 is 10.8 Å². The number of nitrogens with one attached hydrogen (secondary N) is 1. The lowest BCUT2D eigenvalue weighted by atomic mass is 10.1. The summed E-state index contributed by atoms with van der Waals surface area (Å²) < 4.78 is 5.98. The average Bonchev–Trinajstić information content (AvgIpc) is 2.39. The van der Waals surface area contributed by atoms with E-state index < -0.39 is 0 Å². The minimum Gasteiger partial charge on any atom is -0.471 e. The van der Waals surface area contributed by atoms with Crippen LogP contribution in [0.5, 0.6) is 5.88 Å². The molecule has 0 aliphatic rings. The van der Waals surface area contributed by atoms with E-state index in [2.05, 4.69) is 42.3 Å². The van der Waals surface area contributed by atoms with Gasteiger partial charge in [0.15, 0.2) is 0 Å². The average molecular weight is 286 g/mol. The van der Waals surface area contributed by atoms with E-state index in [1.807, 2.05) is 33.0 Å². The zero-order valence-electron chi connectivity index (χ0n) is 13.7. The fourth-order valence-corrected chi connectivity index (χ4v) is 2.23. The quantitative estimate of drug-likeness (QED) is 0.896. The van der Waals surface area contributed by atoms with Crippen LogP contribution in [0.2, 0.25) is 0 Å². The molecule has 1 aromatic carbocycles. The summed E-state index contributed by atoms with van der Waals surface area (Å²) in [6, 6.07) is 8.31. The molecule has 0 aliphatic carbocycles. The van der Waals surface area contributed by atoms with Gasteiger partial charge in [-0.05, 0) is 50.2 Å². The highest BCUT2D eigenvalue weighted by Crippen LogP contribution is 2.28. The Morgan fingerprint density at radius 2 is 1.81 bits per heavy atom. The van der Waals surface area contributed by atoms with Crippen molar-refractivity contribution in [2.45, 2.75) is 46.8 Å². The van der Waals surface area contributed by atoms with Gasteiger partial charge in [0.2, 0.25) is 5.88 Å². The summed E-state index contributed by atoms with van der Waals surface area (Å²) >= 11 is 0. The molecule has 0 bridgehead atoms. The second kappa shape index (κ2) is 6.44. The van der Waals surface area contributed by atoms with Crippen LogP contribution in [0.3, 0.4) is 0 Å². The molecule has 2 aromatic rings. The van der Waals surface area contributed by atoms with Crippen LogP contribution in [-0.2, 0) is 6.54 Å². The monoisotopic (exact) mass is 286 g/mol. The zero-order valence-corrected chi connectivity index (χ0v) is 13.7. The Labute approximate surface area is 127 Å². The second-order valence-corrected chi connectivity index (χ2v) is 6.87. The van der Waals surface area contributed by atoms with Gasteiger partial charge < -0.3 is 10.1 Å². The Morgan fingerprint density at radius 1 is 1.14 bits per heavy atom. The fourth-order valence-electron chi connectivity index (χ4n) is 2.23. The van der Waals surface area contributed by atoms with Gasteiger partial charge in [0.05, 0.1) is 0 Å². The molecule has 1 aromatic heterocycles. The number of fused-ring (bicyclic) bond motifs is 1. The van der Waals surface area contributed by atoms with Crippen molar-refractivity contribution in [3.63, 3.8) is 0 Å². The highest BCUT2D eigenvalue weighted by Gasteiger charge is 2.16. The lowest BCUT2D eigenvalue weighted by molar-refractivity contribution is 0.126. The number of benzene rings is 1. The van der Waals surface area contributed by atoms with Crippen LogP contribution in [-0.4, -0.2) is 17.1 Å². The third kappa shape index (κ3) is 4.43. The summed E-state index contributed by atoms with van der Waals surface area (Å²) in [5.41, 5.74) is 0.972. The number of nitrogens with zero attached hydrogens (tertiary/aromatic N) is 1. The van der Waals surface area contributed by atoms with Crippen molar-refractivity contribution in [3.8, 4) is 5.88 Å². The van der Waals surface area contributed by atoms with E-state index in [0.29, 0.717) is 11.8 Å². The summed E-state index contributed by atoms with van der Waals surface area (Å²) in [4.78, 5) is 4.53. The summed E-state index contributed by atoms with van der Waals surface area (Å²) in [5, 5.41) is 5.77. The van der Waals surface area contributed by atoms with E-state index in [1.54, 1.807) is 0 Å². The molecule has 0 amide bonds. The van der Waals surface area contributed by atoms with Gasteiger partial charge in [0.25, 0.3) is 0 Å². The number of pyridine rings is 1. The van der Waals surface area contributed by atoms with E-state index in [0.717, 1.165) is 18.5 Å². The fraction of sp³-hybridized carbons (Fsp3) is 0.500. The van der Waals surface area contributed by atoms with Crippen molar-refractivity contribution in [1.29, 1.82) is 0 Å². The number of hydrogen-bond donors (Lipinski definition) is 1. The molecular formula is C18H26N2O. The van der Waals surface area contributed by atoms with Crippen LogP contribution < -0.4 is 10.1 Å². The molecule has 0 atom stereocenters. The largest absolute Gasteiger partial charge is 0.471 e. The maximum atomic E-state index is 5.98. The van der Waals surface area contributed by atoms with Gasteiger partial charge in [-0.2, -0.15) is 0 Å². The first kappa shape index (κ1) is 15.8. The molecule has 3 nitrogen and oxygen atoms in total. The molecule has 114 valence electrons. The normalized spacial score (nSPS) is 12.1. The molecule has 0 unspecified atom stereocenters. The Bertz CT molecular complexity index is 600. The van der Waals surface area contributed by atoms with Gasteiger partial charge >= 0.3 is 0 Å². The summed E-state index contributed by atoms with van der Waals surface area (Å²) in [6.07, 6.45) is 1.93. The van der Waals surface area contributed by atoms with Gasteiger partial charge in [0.1, 0.15) is 5.60 Å². The first-order chi connectivity index (χ1) is 9.87. The van der Waals surface area contributed by atoms with E-state index in [-0.39, 0.29) is 5.60 Å². The topological polar surface area (TPSA) is 34.2 Å². The van der Waals surface area contributed by atoms with Gasteiger partial charge in [-0.25, -0.2) is 4.98 Å². The van der Waals surface area contributed by atoms with Crippen LogP contribution in [0.4, 0.5) is 0 Å². The van der Waals surface area contributed by atoms with Gasteiger partial charge in [-0.3, -0.25) is 0 Å². The summed E-state index contributed by atoms with van der Waals surface area (Å²) in [7, 11) is 0. The molecule has 1 heterocycles. The molecule has 0 aliphatic heterocycles. The Hall–Kier alpha value is -1.61. The van der Waals surface area contributed by atoms with Crippen LogP contribution >= 0.6 is 0 Å². The molecule has 2 rings (SSSR count). The first-order valence-corrected chi connectivity index (χ1v) is 7.63. The summed E-state index contributed by atoms with van der Waals surface area (Å²) in [5.74, 6) is 1.36. The van der Waals surface area contributed by atoms with Crippen molar-refractivity contribution in [2.75, 3.05) is 6.54 Å². The summed E-state index contributed by atoms with van der Waals surface area (Å²) in [6.45, 7) is 12.4. The molecule has 0 saturated carbocycles. The molecule has 21 heavy (non-hydrogen) atoms. The molecule has 0 radical (unpaired) electrons. The Balaban J connectivity index is 2.31. The lowest BCUT2D eigenvalue weighted by Crippen LogP contribution is -2.24. The van der Waals surface area contributed by atoms with Crippen LogP contribution in [0.15, 0.2) is 30.5 Å². The van der Waals surface area contributed by atoms with Gasteiger partial charge in [-0.1, -0.05) is 32.0 Å². The highest BCUT2D eigenvalue weighted by atomic mass is 16.5. The minimum absolute atomic E-state index is 0.243. The SMILES string of the molecule is CC(C)CNCc1cnc(OC(C)(C)C)c2ccccc12. The van der Waals surface area contributed by atoms with E-state index >= 15 is 0 Å². The Kier molecular flexibility index (Phi) is 4.84. The molecule has 3 heteroatoms. The first-order valence-electron chi connectivity index (χ1n) is 7.63. The van der Waals surface area contributed by atoms with Crippen molar-refractivity contribution < 1.29 is 4.74 Å². The minimum atomic E-state index is -0.243. The number of rotatable bonds is 5.